The van der Waals surface area contributed by atoms with Crippen LogP contribution in [0.2, 0.25) is 0 Å². The van der Waals surface area contributed by atoms with Gasteiger partial charge < -0.3 is 15.2 Å². The van der Waals surface area contributed by atoms with Crippen LogP contribution in [-0.2, 0) is 27.3 Å². The summed E-state index contributed by atoms with van der Waals surface area (Å²) in [6.45, 7) is 0.774. The third kappa shape index (κ3) is 4.60. The van der Waals surface area contributed by atoms with Crippen molar-refractivity contribution in [2.45, 2.75) is 13.0 Å². The van der Waals surface area contributed by atoms with Gasteiger partial charge in [-0.3, -0.25) is 9.59 Å². The summed E-state index contributed by atoms with van der Waals surface area (Å²) in [6.07, 6.45) is 1.12. The van der Waals surface area contributed by atoms with E-state index >= 15 is 0 Å². The summed E-state index contributed by atoms with van der Waals surface area (Å²) in [5.74, 6) is -1.26. The molecule has 0 fully saturated rings. The maximum atomic E-state index is 11.4. The molecule has 17 heavy (non-hydrogen) atoms. The zero-order chi connectivity index (χ0) is 12.7. The smallest absolute Gasteiger partial charge is 0.309 e. The topological polar surface area (TPSA) is 106 Å². The quantitative estimate of drug-likeness (QED) is 0.574. The number of nitrogens with zero attached hydrogens (tertiary/aromatic N) is 3. The molecule has 0 aliphatic rings. The predicted molar refractivity (Wildman–Crippen MR) is 56.2 cm³/mol. The molecule has 0 aliphatic heterocycles. The second kappa shape index (κ2) is 6.59. The Bertz CT molecular complexity index is 390. The Balaban J connectivity index is 2.47. The number of hydrogen-bond donors (Lipinski definition) is 2. The fraction of sp³-hybridized carbons (Fsp3) is 0.556. The van der Waals surface area contributed by atoms with Crippen molar-refractivity contribution in [3.05, 3.63) is 11.9 Å². The number of aromatic nitrogens is 3. The molecule has 0 unspecified atom stereocenters. The molecule has 0 saturated heterocycles. The van der Waals surface area contributed by atoms with Crippen molar-refractivity contribution < 1.29 is 19.4 Å². The molecule has 1 rings (SSSR count). The van der Waals surface area contributed by atoms with Crippen molar-refractivity contribution in [3.63, 3.8) is 0 Å². The number of methoxy groups -OCH3 is 1. The maximum absolute atomic E-state index is 11.4. The Labute approximate surface area is 97.6 Å². The Morgan fingerprint density at radius 1 is 1.59 bits per heavy atom. The minimum atomic E-state index is -0.992. The van der Waals surface area contributed by atoms with Gasteiger partial charge in [-0.15, -0.1) is 5.10 Å². The number of nitrogens with one attached hydrogen (secondary N) is 1. The SMILES string of the molecule is COCCNC(=O)Cn1nncc1CC(=O)O. The van der Waals surface area contributed by atoms with Crippen LogP contribution in [0.25, 0.3) is 0 Å². The van der Waals surface area contributed by atoms with Gasteiger partial charge in [0.25, 0.3) is 0 Å². The highest BCUT2D eigenvalue weighted by Gasteiger charge is 2.11. The summed E-state index contributed by atoms with van der Waals surface area (Å²) in [6, 6.07) is 0. The fourth-order valence-corrected chi connectivity index (χ4v) is 1.19. The number of ether oxygens (including phenoxy) is 1. The summed E-state index contributed by atoms with van der Waals surface area (Å²) in [4.78, 5) is 22.0. The van der Waals surface area contributed by atoms with Crippen LogP contribution in [0.5, 0.6) is 0 Å². The van der Waals surface area contributed by atoms with E-state index in [1.54, 1.807) is 0 Å². The van der Waals surface area contributed by atoms with Crippen molar-refractivity contribution in [2.24, 2.45) is 0 Å². The molecule has 1 aromatic heterocycles. The first kappa shape index (κ1) is 13.1. The molecule has 0 saturated carbocycles. The average Bonchev–Trinajstić information content (AvgIpc) is 2.65. The van der Waals surface area contributed by atoms with Crippen molar-refractivity contribution in [1.82, 2.24) is 20.3 Å². The van der Waals surface area contributed by atoms with E-state index in [1.807, 2.05) is 0 Å². The second-order valence-electron chi connectivity index (χ2n) is 3.30. The number of hydrogen-bond acceptors (Lipinski definition) is 5. The highest BCUT2D eigenvalue weighted by molar-refractivity contribution is 5.76. The molecule has 0 aromatic carbocycles. The fourth-order valence-electron chi connectivity index (χ4n) is 1.19. The van der Waals surface area contributed by atoms with Crippen molar-refractivity contribution >= 4 is 11.9 Å². The Morgan fingerprint density at radius 3 is 3.00 bits per heavy atom. The van der Waals surface area contributed by atoms with Crippen LogP contribution < -0.4 is 5.32 Å². The molecule has 1 amide bonds. The van der Waals surface area contributed by atoms with Crippen LogP contribution >= 0.6 is 0 Å². The molecule has 0 atom stereocenters. The lowest BCUT2D eigenvalue weighted by Gasteiger charge is -2.06. The summed E-state index contributed by atoms with van der Waals surface area (Å²) >= 11 is 0. The summed E-state index contributed by atoms with van der Waals surface area (Å²) < 4.78 is 6.04. The van der Waals surface area contributed by atoms with Crippen LogP contribution in [0.4, 0.5) is 0 Å². The van der Waals surface area contributed by atoms with Gasteiger partial charge in [-0.2, -0.15) is 0 Å². The number of carbonyl (C=O) groups excluding carboxylic acids is 1. The largest absolute Gasteiger partial charge is 0.481 e. The van der Waals surface area contributed by atoms with E-state index < -0.39 is 5.97 Å². The second-order valence-corrected chi connectivity index (χ2v) is 3.30. The highest BCUT2D eigenvalue weighted by Crippen LogP contribution is 1.97. The van der Waals surface area contributed by atoms with Gasteiger partial charge in [0.1, 0.15) is 6.54 Å². The van der Waals surface area contributed by atoms with Crippen LogP contribution in [-0.4, -0.2) is 52.2 Å². The maximum Gasteiger partial charge on any atom is 0.309 e. The molecular formula is C9H14N4O4. The molecule has 8 nitrogen and oxygen atoms in total. The van der Waals surface area contributed by atoms with Gasteiger partial charge in [0.15, 0.2) is 0 Å². The minimum Gasteiger partial charge on any atom is -0.481 e. The van der Waals surface area contributed by atoms with Gasteiger partial charge in [0.05, 0.1) is 24.9 Å². The van der Waals surface area contributed by atoms with E-state index in [0.29, 0.717) is 18.8 Å². The van der Waals surface area contributed by atoms with Gasteiger partial charge in [-0.05, 0) is 0 Å². The molecule has 2 N–H and O–H groups in total. The van der Waals surface area contributed by atoms with E-state index in [0.717, 1.165) is 0 Å². The monoisotopic (exact) mass is 242 g/mol. The van der Waals surface area contributed by atoms with Gasteiger partial charge in [0.2, 0.25) is 5.91 Å². The number of carbonyl (C=O) groups is 2. The van der Waals surface area contributed by atoms with E-state index in [1.165, 1.54) is 18.0 Å². The third-order valence-corrected chi connectivity index (χ3v) is 1.95. The minimum absolute atomic E-state index is 0.0493. The van der Waals surface area contributed by atoms with Crippen LogP contribution in [0.1, 0.15) is 5.69 Å². The Kier molecular flexibility index (Phi) is 5.08. The first-order valence-corrected chi connectivity index (χ1v) is 4.98. The van der Waals surface area contributed by atoms with Crippen molar-refractivity contribution in [1.29, 1.82) is 0 Å². The number of carboxylic acids is 1. The first-order valence-electron chi connectivity index (χ1n) is 4.98. The number of aliphatic carboxylic acids is 1. The zero-order valence-corrected chi connectivity index (χ0v) is 9.42. The lowest BCUT2D eigenvalue weighted by atomic mass is 10.3. The molecule has 0 radical (unpaired) electrons. The number of rotatable bonds is 7. The van der Waals surface area contributed by atoms with Gasteiger partial charge in [-0.25, -0.2) is 4.68 Å². The lowest BCUT2D eigenvalue weighted by Crippen LogP contribution is -2.31. The molecule has 8 heteroatoms. The normalized spacial score (nSPS) is 10.2. The standard InChI is InChI=1S/C9H14N4O4/c1-17-3-2-10-8(14)6-13-7(4-9(15)16)5-11-12-13/h5H,2-4,6H2,1H3,(H,10,14)(H,15,16). The summed E-state index contributed by atoms with van der Waals surface area (Å²) in [5, 5.41) is 18.5. The third-order valence-electron chi connectivity index (χ3n) is 1.95. The van der Waals surface area contributed by atoms with E-state index in [2.05, 4.69) is 15.6 Å². The molecular weight excluding hydrogens is 228 g/mol. The van der Waals surface area contributed by atoms with Crippen LogP contribution in [0.15, 0.2) is 6.20 Å². The molecule has 0 spiro atoms. The molecule has 0 bridgehead atoms. The van der Waals surface area contributed by atoms with Gasteiger partial charge >= 0.3 is 5.97 Å². The van der Waals surface area contributed by atoms with E-state index in [-0.39, 0.29) is 18.9 Å². The number of amides is 1. The summed E-state index contributed by atoms with van der Waals surface area (Å²) in [5.41, 5.74) is 0.388. The summed E-state index contributed by atoms with van der Waals surface area (Å²) in [7, 11) is 1.54. The van der Waals surface area contributed by atoms with E-state index in [4.69, 9.17) is 9.84 Å². The highest BCUT2D eigenvalue weighted by atomic mass is 16.5. The molecule has 0 aliphatic carbocycles. The van der Waals surface area contributed by atoms with Gasteiger partial charge in [0, 0.05) is 13.7 Å². The predicted octanol–water partition coefficient (Wildman–Crippen LogP) is -1.33. The van der Waals surface area contributed by atoms with E-state index in [9.17, 15) is 9.59 Å². The Hall–Kier alpha value is -1.96. The average molecular weight is 242 g/mol. The first-order chi connectivity index (χ1) is 8.13. The van der Waals surface area contributed by atoms with Crippen LogP contribution in [0.3, 0.4) is 0 Å². The van der Waals surface area contributed by atoms with Gasteiger partial charge in [-0.1, -0.05) is 5.21 Å². The molecule has 1 aromatic rings. The molecule has 1 heterocycles. The molecule has 94 valence electrons. The van der Waals surface area contributed by atoms with Crippen LogP contribution in [0, 0.1) is 0 Å². The Morgan fingerprint density at radius 2 is 2.35 bits per heavy atom. The zero-order valence-electron chi connectivity index (χ0n) is 9.42. The van der Waals surface area contributed by atoms with Crippen molar-refractivity contribution in [2.75, 3.05) is 20.3 Å². The van der Waals surface area contributed by atoms with Crippen molar-refractivity contribution in [3.8, 4) is 0 Å². The number of carboxylic acid groups (broad SMARTS) is 1. The lowest BCUT2D eigenvalue weighted by molar-refractivity contribution is -0.136.